The van der Waals surface area contributed by atoms with Gasteiger partial charge in [-0.2, -0.15) is 0 Å². The van der Waals surface area contributed by atoms with Crippen molar-refractivity contribution in [2.75, 3.05) is 0 Å². The van der Waals surface area contributed by atoms with Gasteiger partial charge in [-0.3, -0.25) is 0 Å². The SMILES string of the molecule is CCCCCCCCCCCCCCCCCC([C+]1N=CC=N1)C(Cc1ccccc1)c1ccccc1. The Morgan fingerprint density at radius 3 is 1.54 bits per heavy atom. The van der Waals surface area contributed by atoms with Gasteiger partial charge in [0.2, 0.25) is 6.17 Å². The molecule has 2 aromatic rings. The van der Waals surface area contributed by atoms with Crippen LogP contribution >= 0.6 is 0 Å². The van der Waals surface area contributed by atoms with Crippen LogP contribution in [0, 0.1) is 12.1 Å². The molecule has 0 saturated heterocycles. The molecule has 2 heteroatoms. The monoisotopic (exact) mass is 499 g/mol. The molecule has 200 valence electrons. The second-order valence-corrected chi connectivity index (χ2v) is 11.0. The van der Waals surface area contributed by atoms with E-state index in [-0.39, 0.29) is 0 Å². The van der Waals surface area contributed by atoms with Gasteiger partial charge in [0.15, 0.2) is 12.4 Å². The summed E-state index contributed by atoms with van der Waals surface area (Å²) in [5.74, 6) is 0.761. The fourth-order valence-corrected chi connectivity index (χ4v) is 5.75. The largest absolute Gasteiger partial charge is 0.244 e. The summed E-state index contributed by atoms with van der Waals surface area (Å²) in [6.45, 7) is 2.30. The van der Waals surface area contributed by atoms with Gasteiger partial charge in [0.1, 0.15) is 0 Å². The fraction of sp³-hybridized carbons (Fsp3) is 0.571. The van der Waals surface area contributed by atoms with Crippen LogP contribution in [0.1, 0.15) is 127 Å². The second-order valence-electron chi connectivity index (χ2n) is 11.0. The molecule has 0 fully saturated rings. The van der Waals surface area contributed by atoms with Crippen molar-refractivity contribution < 1.29 is 0 Å². The molecule has 2 unspecified atom stereocenters. The number of unbranched alkanes of at least 4 members (excludes halogenated alkanes) is 14. The average molecular weight is 500 g/mol. The van der Waals surface area contributed by atoms with Crippen molar-refractivity contribution in [1.82, 2.24) is 0 Å². The molecule has 3 rings (SSSR count). The third-order valence-corrected chi connectivity index (χ3v) is 7.94. The highest BCUT2D eigenvalue weighted by atomic mass is 15.0. The first-order valence-electron chi connectivity index (χ1n) is 15.4. The van der Waals surface area contributed by atoms with E-state index in [0.29, 0.717) is 11.8 Å². The van der Waals surface area contributed by atoms with E-state index in [9.17, 15) is 0 Å². The van der Waals surface area contributed by atoms with Crippen LogP contribution in [0.4, 0.5) is 0 Å². The van der Waals surface area contributed by atoms with Gasteiger partial charge in [-0.25, -0.2) is 0 Å². The molecule has 0 spiro atoms. The van der Waals surface area contributed by atoms with E-state index >= 15 is 0 Å². The summed E-state index contributed by atoms with van der Waals surface area (Å²) >= 11 is 0. The highest BCUT2D eigenvalue weighted by Crippen LogP contribution is 2.40. The van der Waals surface area contributed by atoms with E-state index < -0.39 is 0 Å². The lowest BCUT2D eigenvalue weighted by atomic mass is 9.77. The van der Waals surface area contributed by atoms with Gasteiger partial charge in [0, 0.05) is 5.92 Å². The summed E-state index contributed by atoms with van der Waals surface area (Å²) in [6.07, 6.45) is 28.0. The number of nitrogens with zero attached hydrogens (tertiary/aromatic N) is 2. The molecule has 0 N–H and O–H groups in total. The van der Waals surface area contributed by atoms with Crippen LogP contribution in [-0.4, -0.2) is 12.4 Å². The maximum atomic E-state index is 4.68. The molecule has 0 aromatic heterocycles. The summed E-state index contributed by atoms with van der Waals surface area (Å²) in [6, 6.07) is 22.0. The highest BCUT2D eigenvalue weighted by molar-refractivity contribution is 6.18. The number of rotatable bonds is 21. The first-order chi connectivity index (χ1) is 18.4. The van der Waals surface area contributed by atoms with Crippen LogP contribution in [0.2, 0.25) is 0 Å². The van der Waals surface area contributed by atoms with Crippen molar-refractivity contribution in [2.45, 2.75) is 122 Å². The zero-order valence-corrected chi connectivity index (χ0v) is 23.5. The van der Waals surface area contributed by atoms with Gasteiger partial charge < -0.3 is 0 Å². The predicted molar refractivity (Wildman–Crippen MR) is 163 cm³/mol. The molecular weight excluding hydrogens is 448 g/mol. The molecule has 1 aliphatic rings. The number of hydrogen-bond acceptors (Lipinski definition) is 2. The van der Waals surface area contributed by atoms with E-state index in [4.69, 9.17) is 0 Å². The van der Waals surface area contributed by atoms with Gasteiger partial charge in [0.25, 0.3) is 0 Å². The summed E-state index contributed by atoms with van der Waals surface area (Å²) < 4.78 is 0. The Bertz CT molecular complexity index is 845. The van der Waals surface area contributed by atoms with Crippen molar-refractivity contribution in [3.63, 3.8) is 0 Å². The Balaban J connectivity index is 1.37. The van der Waals surface area contributed by atoms with Gasteiger partial charge >= 0.3 is 0 Å². The summed E-state index contributed by atoms with van der Waals surface area (Å²) in [7, 11) is 0. The lowest BCUT2D eigenvalue weighted by Gasteiger charge is -2.26. The smallest absolute Gasteiger partial charge is 0.0965 e. The summed E-state index contributed by atoms with van der Waals surface area (Å²) in [5, 5.41) is 0. The fourth-order valence-electron chi connectivity index (χ4n) is 5.75. The minimum Gasteiger partial charge on any atom is -0.0965 e. The molecule has 2 aromatic carbocycles. The van der Waals surface area contributed by atoms with Gasteiger partial charge in [-0.15, -0.1) is 0 Å². The van der Waals surface area contributed by atoms with Gasteiger partial charge in [0.05, 0.1) is 5.92 Å². The Hall–Kier alpha value is -2.35. The first-order valence-corrected chi connectivity index (χ1v) is 15.4. The minimum atomic E-state index is 0.361. The molecule has 0 amide bonds. The summed E-state index contributed by atoms with van der Waals surface area (Å²) in [5.41, 5.74) is 2.80. The van der Waals surface area contributed by atoms with Crippen LogP contribution in [0.5, 0.6) is 0 Å². The van der Waals surface area contributed by atoms with Crippen molar-refractivity contribution in [3.8, 4) is 0 Å². The molecule has 2 atom stereocenters. The second kappa shape index (κ2) is 18.8. The van der Waals surface area contributed by atoms with E-state index in [0.717, 1.165) is 19.0 Å². The quantitative estimate of drug-likeness (QED) is 0.120. The Morgan fingerprint density at radius 1 is 0.568 bits per heavy atom. The zero-order valence-electron chi connectivity index (χ0n) is 23.5. The van der Waals surface area contributed by atoms with Crippen LogP contribution < -0.4 is 0 Å². The highest BCUT2D eigenvalue weighted by Gasteiger charge is 2.36. The molecule has 0 saturated carbocycles. The lowest BCUT2D eigenvalue weighted by Crippen LogP contribution is -2.20. The van der Waals surface area contributed by atoms with Crippen molar-refractivity contribution >= 4 is 12.4 Å². The Kier molecular flexibility index (Phi) is 14.9. The number of hydrogen-bond donors (Lipinski definition) is 0. The maximum Gasteiger partial charge on any atom is 0.244 e. The average Bonchev–Trinajstić information content (AvgIpc) is 3.48. The van der Waals surface area contributed by atoms with Crippen molar-refractivity contribution in [1.29, 1.82) is 0 Å². The first kappa shape index (κ1) is 29.2. The summed E-state index contributed by atoms with van der Waals surface area (Å²) in [4.78, 5) is 9.36. The van der Waals surface area contributed by atoms with Gasteiger partial charge in [-0.1, -0.05) is 174 Å². The zero-order chi connectivity index (χ0) is 25.8. The van der Waals surface area contributed by atoms with E-state index in [1.54, 1.807) is 0 Å². The molecule has 2 nitrogen and oxygen atoms in total. The van der Waals surface area contributed by atoms with E-state index in [1.807, 2.05) is 12.4 Å². The van der Waals surface area contributed by atoms with Gasteiger partial charge in [-0.05, 0) is 24.0 Å². The molecule has 1 aliphatic heterocycles. The molecular formula is C35H51N2+. The molecule has 37 heavy (non-hydrogen) atoms. The van der Waals surface area contributed by atoms with Crippen molar-refractivity contribution in [3.05, 3.63) is 78.0 Å². The van der Waals surface area contributed by atoms with Crippen LogP contribution in [0.25, 0.3) is 0 Å². The third-order valence-electron chi connectivity index (χ3n) is 7.94. The predicted octanol–water partition coefficient (Wildman–Crippen LogP) is 10.5. The number of benzene rings is 2. The maximum absolute atomic E-state index is 4.68. The third kappa shape index (κ3) is 11.7. The van der Waals surface area contributed by atoms with Crippen LogP contribution in [0.3, 0.4) is 0 Å². The minimum absolute atomic E-state index is 0.361. The topological polar surface area (TPSA) is 24.7 Å². The Morgan fingerprint density at radius 2 is 1.03 bits per heavy atom. The van der Waals surface area contributed by atoms with E-state index in [2.05, 4.69) is 77.6 Å². The van der Waals surface area contributed by atoms with Crippen molar-refractivity contribution in [2.24, 2.45) is 15.9 Å². The normalized spacial score (nSPS) is 14.4. The Labute approximate surface area is 228 Å². The van der Waals surface area contributed by atoms with E-state index in [1.165, 1.54) is 107 Å². The number of aliphatic imine (C=N–C) groups is 2. The van der Waals surface area contributed by atoms with Crippen LogP contribution in [-0.2, 0) is 6.42 Å². The molecule has 1 heterocycles. The standard InChI is InChI=1S/C35H51N2/c1-2-3-4-5-6-7-8-9-10-11-12-13-14-15-22-27-33(35-36-28-29-37-35)34(32-25-20-17-21-26-32)30-31-23-18-16-19-24-31/h16-21,23-26,28-29,33-34H,2-15,22,27,30H2,1H3/q+1. The molecule has 0 aliphatic carbocycles. The lowest BCUT2D eigenvalue weighted by molar-refractivity contribution is 0.382. The molecule has 0 radical (unpaired) electrons. The molecule has 0 bridgehead atoms. The van der Waals surface area contributed by atoms with Crippen LogP contribution in [0.15, 0.2) is 70.6 Å².